The molecule has 0 bridgehead atoms. The molecule has 1 aliphatic heterocycles. The summed E-state index contributed by atoms with van der Waals surface area (Å²) in [5.41, 5.74) is 1.15. The van der Waals surface area contributed by atoms with Crippen LogP contribution in [0.2, 0.25) is 10.0 Å². The molecule has 2 heterocycles. The van der Waals surface area contributed by atoms with Gasteiger partial charge in [-0.2, -0.15) is 0 Å². The fourth-order valence-corrected chi connectivity index (χ4v) is 4.52. The van der Waals surface area contributed by atoms with Crippen LogP contribution in [0.15, 0.2) is 36.5 Å². The molecule has 8 heteroatoms. The summed E-state index contributed by atoms with van der Waals surface area (Å²) >= 11 is 12.1. The van der Waals surface area contributed by atoms with Gasteiger partial charge in [-0.05, 0) is 49.4 Å². The third-order valence-corrected chi connectivity index (χ3v) is 6.33. The van der Waals surface area contributed by atoms with Crippen molar-refractivity contribution >= 4 is 35.1 Å². The normalized spacial score (nSPS) is 16.0. The largest absolute Gasteiger partial charge is 0.491 e. The molecule has 32 heavy (non-hydrogen) atoms. The molecule has 1 aromatic carbocycles. The molecule has 1 amide bonds. The highest BCUT2D eigenvalue weighted by Crippen LogP contribution is 2.28. The van der Waals surface area contributed by atoms with Gasteiger partial charge < -0.3 is 15.2 Å². The first-order chi connectivity index (χ1) is 15.5. The number of benzene rings is 1. The number of hydrogen-bond acceptors (Lipinski definition) is 4. The lowest BCUT2D eigenvalue weighted by molar-refractivity contribution is -0.139. The Bertz CT molecular complexity index is 918. The molecule has 0 saturated carbocycles. The summed E-state index contributed by atoms with van der Waals surface area (Å²) in [6.45, 7) is 0.744. The number of nitrogens with zero attached hydrogens (tertiary/aromatic N) is 1. The van der Waals surface area contributed by atoms with E-state index < -0.39 is 17.9 Å². The van der Waals surface area contributed by atoms with E-state index in [1.165, 1.54) is 0 Å². The highest BCUT2D eigenvalue weighted by atomic mass is 35.5. The summed E-state index contributed by atoms with van der Waals surface area (Å²) in [6.07, 6.45) is 9.09. The summed E-state index contributed by atoms with van der Waals surface area (Å²) in [5.74, 6) is -0.229. The molecule has 1 aromatic heterocycles. The van der Waals surface area contributed by atoms with E-state index in [2.05, 4.69) is 10.3 Å². The molecule has 0 saturated heterocycles. The number of unbranched alkanes of at least 4 members (excludes halogenated alkanes) is 4. The van der Waals surface area contributed by atoms with Gasteiger partial charge in [-0.1, -0.05) is 61.4 Å². The third-order valence-electron chi connectivity index (χ3n) is 5.70. The summed E-state index contributed by atoms with van der Waals surface area (Å²) in [4.78, 5) is 28.4. The standard InChI is InChI=1S/C24H28Cl2N2O4/c25-17-9-6-10-18(26)22(17)23(29)28-19(24(30)31)11-5-3-1-2-4-8-16-14-20-21(32-15-16)12-7-13-27-20/h6-7,9-10,12-13,16,19H,1-5,8,11,14-15H2,(H,28,29)(H,30,31). The monoisotopic (exact) mass is 478 g/mol. The minimum atomic E-state index is -1.06. The van der Waals surface area contributed by atoms with Crippen LogP contribution in [0.3, 0.4) is 0 Å². The maximum absolute atomic E-state index is 12.4. The molecule has 1 aliphatic rings. The van der Waals surface area contributed by atoms with Gasteiger partial charge in [0.2, 0.25) is 0 Å². The van der Waals surface area contributed by atoms with Crippen LogP contribution in [0, 0.1) is 5.92 Å². The summed E-state index contributed by atoms with van der Waals surface area (Å²) in [6, 6.07) is 7.62. The van der Waals surface area contributed by atoms with E-state index in [4.69, 9.17) is 27.9 Å². The van der Waals surface area contributed by atoms with Gasteiger partial charge in [-0.15, -0.1) is 0 Å². The molecular weight excluding hydrogens is 451 g/mol. The zero-order chi connectivity index (χ0) is 22.9. The van der Waals surface area contributed by atoms with E-state index in [-0.39, 0.29) is 15.6 Å². The van der Waals surface area contributed by atoms with Gasteiger partial charge >= 0.3 is 5.97 Å². The number of amides is 1. The molecule has 0 fully saturated rings. The molecule has 0 spiro atoms. The first-order valence-corrected chi connectivity index (χ1v) is 11.8. The van der Waals surface area contributed by atoms with E-state index in [1.807, 2.05) is 12.1 Å². The Morgan fingerprint density at radius 1 is 1.09 bits per heavy atom. The number of rotatable bonds is 11. The lowest BCUT2D eigenvalue weighted by Gasteiger charge is -2.24. The number of pyridine rings is 1. The molecule has 6 nitrogen and oxygen atoms in total. The van der Waals surface area contributed by atoms with E-state index in [9.17, 15) is 14.7 Å². The molecule has 172 valence electrons. The number of hydrogen-bond donors (Lipinski definition) is 2. The predicted octanol–water partition coefficient (Wildman–Crippen LogP) is 5.55. The van der Waals surface area contributed by atoms with Crippen molar-refractivity contribution in [2.24, 2.45) is 5.92 Å². The van der Waals surface area contributed by atoms with Crippen LogP contribution in [-0.4, -0.2) is 34.6 Å². The number of aliphatic carboxylic acids is 1. The maximum atomic E-state index is 12.4. The van der Waals surface area contributed by atoms with Crippen molar-refractivity contribution in [1.82, 2.24) is 10.3 Å². The molecule has 2 unspecified atom stereocenters. The summed E-state index contributed by atoms with van der Waals surface area (Å²) in [7, 11) is 0. The van der Waals surface area contributed by atoms with Crippen molar-refractivity contribution in [3.05, 3.63) is 57.8 Å². The fourth-order valence-electron chi connectivity index (χ4n) is 3.95. The van der Waals surface area contributed by atoms with Gasteiger partial charge in [0.05, 0.1) is 27.9 Å². The zero-order valence-electron chi connectivity index (χ0n) is 17.9. The number of carboxylic acid groups (broad SMARTS) is 1. The summed E-state index contributed by atoms with van der Waals surface area (Å²) < 4.78 is 5.79. The van der Waals surface area contributed by atoms with E-state index in [1.54, 1.807) is 24.4 Å². The Labute approximate surface area is 198 Å². The smallest absolute Gasteiger partial charge is 0.326 e. The van der Waals surface area contributed by atoms with Crippen molar-refractivity contribution in [1.29, 1.82) is 0 Å². The lowest BCUT2D eigenvalue weighted by Crippen LogP contribution is -2.41. The molecule has 2 atom stereocenters. The third kappa shape index (κ3) is 6.84. The van der Waals surface area contributed by atoms with Crippen molar-refractivity contribution in [2.75, 3.05) is 6.61 Å². The number of fused-ring (bicyclic) bond motifs is 1. The minimum Gasteiger partial charge on any atom is -0.491 e. The van der Waals surface area contributed by atoms with Crippen LogP contribution >= 0.6 is 23.2 Å². The minimum absolute atomic E-state index is 0.103. The predicted molar refractivity (Wildman–Crippen MR) is 125 cm³/mol. The number of aromatic nitrogens is 1. The van der Waals surface area contributed by atoms with Crippen molar-refractivity contribution in [3.8, 4) is 5.75 Å². The second kappa shape index (κ2) is 12.1. The van der Waals surface area contributed by atoms with E-state index >= 15 is 0 Å². The van der Waals surface area contributed by atoms with Crippen LogP contribution in [0.1, 0.15) is 61.0 Å². The molecule has 3 rings (SSSR count). The Kier molecular flexibility index (Phi) is 9.18. The van der Waals surface area contributed by atoms with Gasteiger partial charge in [-0.25, -0.2) is 4.79 Å². The van der Waals surface area contributed by atoms with Gasteiger partial charge in [0.25, 0.3) is 5.91 Å². The molecule has 2 N–H and O–H groups in total. The van der Waals surface area contributed by atoms with Crippen molar-refractivity contribution in [2.45, 2.75) is 57.4 Å². The van der Waals surface area contributed by atoms with Crippen LogP contribution < -0.4 is 10.1 Å². The molecule has 2 aromatic rings. The number of carbonyl (C=O) groups excluding carboxylic acids is 1. The fraction of sp³-hybridized carbons (Fsp3) is 0.458. The van der Waals surface area contributed by atoms with E-state index in [0.717, 1.165) is 63.0 Å². The zero-order valence-corrected chi connectivity index (χ0v) is 19.4. The maximum Gasteiger partial charge on any atom is 0.326 e. The number of carbonyl (C=O) groups is 2. The topological polar surface area (TPSA) is 88.5 Å². The average Bonchev–Trinajstić information content (AvgIpc) is 2.77. The number of ether oxygens (including phenoxy) is 1. The van der Waals surface area contributed by atoms with Gasteiger partial charge in [0, 0.05) is 6.20 Å². The first kappa shape index (κ1) is 24.3. The van der Waals surface area contributed by atoms with Gasteiger partial charge in [0.15, 0.2) is 0 Å². The second-order valence-electron chi connectivity index (χ2n) is 8.14. The SMILES string of the molecule is O=C(NC(CCCCCCCC1COc2cccnc2C1)C(=O)O)c1c(Cl)cccc1Cl. The highest BCUT2D eigenvalue weighted by molar-refractivity contribution is 6.39. The Hall–Kier alpha value is -2.31. The Morgan fingerprint density at radius 3 is 2.56 bits per heavy atom. The molecule has 0 radical (unpaired) electrons. The second-order valence-corrected chi connectivity index (χ2v) is 8.95. The van der Waals surface area contributed by atoms with Crippen LogP contribution in [0.25, 0.3) is 0 Å². The molecular formula is C24H28Cl2N2O4. The van der Waals surface area contributed by atoms with Gasteiger partial charge in [0.1, 0.15) is 11.8 Å². The summed E-state index contributed by atoms with van der Waals surface area (Å²) in [5, 5.41) is 12.4. The average molecular weight is 479 g/mol. The number of carboxylic acids is 1. The van der Waals surface area contributed by atoms with Crippen molar-refractivity contribution < 1.29 is 19.4 Å². The van der Waals surface area contributed by atoms with Crippen LogP contribution in [0.4, 0.5) is 0 Å². The highest BCUT2D eigenvalue weighted by Gasteiger charge is 2.23. The Balaban J connectivity index is 1.33. The van der Waals surface area contributed by atoms with E-state index in [0.29, 0.717) is 12.3 Å². The van der Waals surface area contributed by atoms with Crippen molar-refractivity contribution in [3.63, 3.8) is 0 Å². The first-order valence-electron chi connectivity index (χ1n) is 11.0. The quantitative estimate of drug-likeness (QED) is 0.413. The number of nitrogens with one attached hydrogen (secondary N) is 1. The number of halogens is 2. The van der Waals surface area contributed by atoms with Crippen LogP contribution in [-0.2, 0) is 11.2 Å². The Morgan fingerprint density at radius 2 is 1.81 bits per heavy atom. The van der Waals surface area contributed by atoms with Crippen LogP contribution in [0.5, 0.6) is 5.75 Å². The van der Waals surface area contributed by atoms with Gasteiger partial charge in [-0.3, -0.25) is 9.78 Å². The lowest BCUT2D eigenvalue weighted by atomic mass is 9.94. The molecule has 0 aliphatic carbocycles.